The van der Waals surface area contributed by atoms with Gasteiger partial charge in [-0.15, -0.1) is 6.58 Å². The van der Waals surface area contributed by atoms with Gasteiger partial charge in [0.15, 0.2) is 0 Å². The maximum Gasteiger partial charge on any atom is 0.242 e. The molecule has 0 saturated heterocycles. The Morgan fingerprint density at radius 2 is 2.56 bits per heavy atom. The van der Waals surface area contributed by atoms with Crippen LogP contribution in [0.2, 0.25) is 0 Å². The van der Waals surface area contributed by atoms with Gasteiger partial charge in [0.2, 0.25) is 12.4 Å². The molecule has 45 valence electrons. The van der Waals surface area contributed by atoms with E-state index in [1.165, 1.54) is 5.57 Å². The molecule has 0 bridgehead atoms. The van der Waals surface area contributed by atoms with Gasteiger partial charge in [-0.2, -0.15) is 0 Å². The van der Waals surface area contributed by atoms with Gasteiger partial charge in [-0.3, -0.25) is 0 Å². The van der Waals surface area contributed by atoms with Crippen molar-refractivity contribution in [3.05, 3.63) is 36.6 Å². The lowest BCUT2D eigenvalue weighted by molar-refractivity contribution is 1.25. The highest BCUT2D eigenvalue weighted by atomic mass is 14.7. The highest BCUT2D eigenvalue weighted by Gasteiger charge is 1.95. The third-order valence-electron chi connectivity index (χ3n) is 1.13. The first kappa shape index (κ1) is 6.02. The molecule has 0 atom stereocenters. The van der Waals surface area contributed by atoms with Crippen molar-refractivity contribution in [3.63, 3.8) is 0 Å². The highest BCUT2D eigenvalue weighted by Crippen LogP contribution is 2.03. The lowest BCUT2D eigenvalue weighted by Gasteiger charge is -1.90. The largest absolute Gasteiger partial charge is 0.242 e. The van der Waals surface area contributed by atoms with Gasteiger partial charge in [-0.25, -0.2) is 0 Å². The summed E-state index contributed by atoms with van der Waals surface area (Å²) in [5, 5.41) is 0. The normalized spacial score (nSPS) is 15.3. The van der Waals surface area contributed by atoms with Crippen molar-refractivity contribution in [1.82, 2.24) is 4.99 Å². The van der Waals surface area contributed by atoms with Crippen molar-refractivity contribution >= 4 is 6.21 Å². The second kappa shape index (κ2) is 3.02. The highest BCUT2D eigenvalue weighted by molar-refractivity contribution is 5.73. The summed E-state index contributed by atoms with van der Waals surface area (Å²) in [6, 6.07) is 0. The number of aliphatic imine (C=N–C) groups is 1. The zero-order chi connectivity index (χ0) is 6.53. The van der Waals surface area contributed by atoms with E-state index in [1.54, 1.807) is 12.4 Å². The average Bonchev–Trinajstić information content (AvgIpc) is 1.91. The molecule has 0 saturated carbocycles. The summed E-state index contributed by atoms with van der Waals surface area (Å²) in [6.45, 7) is 3.64. The van der Waals surface area contributed by atoms with Crippen LogP contribution in [0.4, 0.5) is 0 Å². The molecule has 1 rings (SSSR count). The van der Waals surface area contributed by atoms with E-state index in [2.05, 4.69) is 11.6 Å². The van der Waals surface area contributed by atoms with Crippen LogP contribution in [0.15, 0.2) is 36.6 Å². The van der Waals surface area contributed by atoms with E-state index in [0.717, 1.165) is 6.42 Å². The van der Waals surface area contributed by atoms with E-state index >= 15 is 0 Å². The van der Waals surface area contributed by atoms with Crippen LogP contribution >= 0.6 is 0 Å². The maximum atomic E-state index is 3.89. The second-order valence-electron chi connectivity index (χ2n) is 1.85. The molecule has 0 N–H and O–H groups in total. The maximum absolute atomic E-state index is 3.89. The van der Waals surface area contributed by atoms with Crippen LogP contribution in [-0.4, -0.2) is 6.21 Å². The molecule has 1 heterocycles. The summed E-state index contributed by atoms with van der Waals surface area (Å²) in [4.78, 5) is 3.89. The van der Waals surface area contributed by atoms with Gasteiger partial charge in [-0.1, -0.05) is 6.08 Å². The van der Waals surface area contributed by atoms with Crippen molar-refractivity contribution in [3.8, 4) is 0 Å². The second-order valence-corrected chi connectivity index (χ2v) is 1.85. The van der Waals surface area contributed by atoms with Crippen LogP contribution in [0.25, 0.3) is 0 Å². The standard InChI is InChI=1S/C8H9N/c1-2-3-8-4-6-9-7-5-8/h2,4-7H,1,3H2/q+1. The lowest BCUT2D eigenvalue weighted by Crippen LogP contribution is -1.88. The summed E-state index contributed by atoms with van der Waals surface area (Å²) in [5.74, 6) is 0. The zero-order valence-corrected chi connectivity index (χ0v) is 5.25. The molecule has 0 unspecified atom stereocenters. The van der Waals surface area contributed by atoms with Gasteiger partial charge in [-0.05, 0) is 12.0 Å². The Bertz CT molecular complexity index is 185. The summed E-state index contributed by atoms with van der Waals surface area (Å²) in [5.41, 5.74) is 1.26. The van der Waals surface area contributed by atoms with Crippen molar-refractivity contribution in [2.45, 2.75) is 6.42 Å². The lowest BCUT2D eigenvalue weighted by atomic mass is 10.1. The minimum absolute atomic E-state index is 0.933. The zero-order valence-electron chi connectivity index (χ0n) is 5.25. The Kier molecular flexibility index (Phi) is 2.02. The third-order valence-corrected chi connectivity index (χ3v) is 1.13. The van der Waals surface area contributed by atoms with Gasteiger partial charge in [0, 0.05) is 12.2 Å². The van der Waals surface area contributed by atoms with Crippen LogP contribution in [0.1, 0.15) is 6.42 Å². The molecule has 0 aliphatic carbocycles. The fraction of sp³-hybridized carbons (Fsp3) is 0.125. The molecule has 0 aromatic carbocycles. The quantitative estimate of drug-likeness (QED) is 0.488. The van der Waals surface area contributed by atoms with E-state index in [1.807, 2.05) is 18.2 Å². The van der Waals surface area contributed by atoms with Crippen LogP contribution < -0.4 is 4.99 Å². The first-order valence-electron chi connectivity index (χ1n) is 2.93. The van der Waals surface area contributed by atoms with E-state index in [4.69, 9.17) is 0 Å². The number of hydrogen-bond acceptors (Lipinski definition) is 1. The van der Waals surface area contributed by atoms with Gasteiger partial charge >= 0.3 is 0 Å². The molecule has 0 aromatic rings. The average molecular weight is 119 g/mol. The van der Waals surface area contributed by atoms with Crippen LogP contribution in [0.5, 0.6) is 0 Å². The molecule has 0 aromatic heterocycles. The molecule has 0 amide bonds. The summed E-state index contributed by atoms with van der Waals surface area (Å²) < 4.78 is 0. The number of rotatable bonds is 2. The minimum Gasteiger partial charge on any atom is -0.103 e. The Morgan fingerprint density at radius 3 is 3.11 bits per heavy atom. The van der Waals surface area contributed by atoms with Gasteiger partial charge < -0.3 is 0 Å². The van der Waals surface area contributed by atoms with Gasteiger partial charge in [0.25, 0.3) is 0 Å². The van der Waals surface area contributed by atoms with Gasteiger partial charge in [0.1, 0.15) is 0 Å². The van der Waals surface area contributed by atoms with Crippen LogP contribution in [0, 0.1) is 0 Å². The van der Waals surface area contributed by atoms with Gasteiger partial charge in [0.05, 0.1) is 4.99 Å². The molecular weight excluding hydrogens is 110 g/mol. The monoisotopic (exact) mass is 119 g/mol. The summed E-state index contributed by atoms with van der Waals surface area (Å²) in [7, 11) is 0. The molecular formula is C8H9N+. The van der Waals surface area contributed by atoms with Crippen molar-refractivity contribution in [2.24, 2.45) is 0 Å². The molecule has 1 nitrogen and oxygen atoms in total. The first-order valence-corrected chi connectivity index (χ1v) is 2.93. The topological polar surface area (TPSA) is 14.1 Å². The summed E-state index contributed by atoms with van der Waals surface area (Å²) >= 11 is 0. The molecule has 1 radical (unpaired) electrons. The van der Waals surface area contributed by atoms with E-state index in [9.17, 15) is 0 Å². The van der Waals surface area contributed by atoms with Crippen molar-refractivity contribution in [2.75, 3.05) is 0 Å². The fourth-order valence-electron chi connectivity index (χ4n) is 0.686. The van der Waals surface area contributed by atoms with E-state index in [0.29, 0.717) is 0 Å². The van der Waals surface area contributed by atoms with E-state index in [-0.39, 0.29) is 0 Å². The molecule has 1 heteroatoms. The molecule has 1 aliphatic heterocycles. The molecule has 9 heavy (non-hydrogen) atoms. The molecule has 0 fully saturated rings. The van der Waals surface area contributed by atoms with Crippen LogP contribution in [-0.2, 0) is 0 Å². The third kappa shape index (κ3) is 1.68. The number of hydrogen-bond donors (Lipinski definition) is 0. The number of nitrogens with zero attached hydrogens (tertiary/aromatic N) is 1. The summed E-state index contributed by atoms with van der Waals surface area (Å²) in [6.07, 6.45) is 10.4. The Labute approximate surface area is 55.1 Å². The predicted molar refractivity (Wildman–Crippen MR) is 40.2 cm³/mol. The van der Waals surface area contributed by atoms with Crippen molar-refractivity contribution in [1.29, 1.82) is 0 Å². The predicted octanol–water partition coefficient (Wildman–Crippen LogP) is 1.42. The molecule has 1 aliphatic rings. The van der Waals surface area contributed by atoms with E-state index < -0.39 is 0 Å². The Hall–Kier alpha value is -1.11. The Balaban J connectivity index is 2.60. The first-order chi connectivity index (χ1) is 4.43. The van der Waals surface area contributed by atoms with Crippen molar-refractivity contribution < 1.29 is 0 Å². The minimum atomic E-state index is 0.933. The van der Waals surface area contributed by atoms with Crippen LogP contribution in [0.3, 0.4) is 0 Å². The number of allylic oxidation sites excluding steroid dienone is 4. The Morgan fingerprint density at radius 1 is 1.67 bits per heavy atom. The SMILES string of the molecule is C=CCC1=CC=[N+]C=C1. The fourth-order valence-corrected chi connectivity index (χ4v) is 0.686. The molecule has 0 spiro atoms. The smallest absolute Gasteiger partial charge is 0.103 e.